The number of hydrogen-bond acceptors (Lipinski definition) is 5. The SMILES string of the molecule is O=S(=O)(c1ccccc1Br)N1CC[C@@H](c2ncon2)C1. The third kappa shape index (κ3) is 2.38. The van der Waals surface area contributed by atoms with Crippen LogP contribution in [0.4, 0.5) is 0 Å². The Hall–Kier alpha value is -1.25. The normalized spacial score (nSPS) is 20.4. The van der Waals surface area contributed by atoms with Gasteiger partial charge < -0.3 is 4.52 Å². The predicted molar refractivity (Wildman–Crippen MR) is 74.6 cm³/mol. The molecule has 0 N–H and O–H groups in total. The van der Waals surface area contributed by atoms with Crippen molar-refractivity contribution in [2.75, 3.05) is 13.1 Å². The van der Waals surface area contributed by atoms with Gasteiger partial charge in [0, 0.05) is 23.5 Å². The molecule has 1 atom stereocenters. The molecule has 0 radical (unpaired) electrons. The van der Waals surface area contributed by atoms with Gasteiger partial charge in [0.1, 0.15) is 0 Å². The Balaban J connectivity index is 1.85. The largest absolute Gasteiger partial charge is 0.343 e. The fraction of sp³-hybridized carbons (Fsp3) is 0.333. The van der Waals surface area contributed by atoms with Crippen LogP contribution < -0.4 is 0 Å². The van der Waals surface area contributed by atoms with Gasteiger partial charge >= 0.3 is 0 Å². The fourth-order valence-corrected chi connectivity index (χ4v) is 4.77. The minimum atomic E-state index is -3.49. The van der Waals surface area contributed by atoms with Crippen LogP contribution in [0.15, 0.2) is 44.6 Å². The standard InChI is InChI=1S/C12H12BrN3O3S/c13-10-3-1-2-4-11(10)20(17,18)16-6-5-9(7-16)12-14-8-19-15-12/h1-4,8-9H,5-7H2/t9-/m1/s1. The number of aromatic nitrogens is 2. The third-order valence-corrected chi connectivity index (χ3v) is 6.23. The molecule has 1 aliphatic heterocycles. The Morgan fingerprint density at radius 3 is 2.85 bits per heavy atom. The van der Waals surface area contributed by atoms with Crippen LogP contribution in [0.3, 0.4) is 0 Å². The minimum Gasteiger partial charge on any atom is -0.343 e. The number of nitrogens with zero attached hydrogens (tertiary/aromatic N) is 3. The van der Waals surface area contributed by atoms with Gasteiger partial charge in [0.15, 0.2) is 5.82 Å². The van der Waals surface area contributed by atoms with Crippen molar-refractivity contribution in [1.82, 2.24) is 14.4 Å². The van der Waals surface area contributed by atoms with Crippen LogP contribution in [-0.4, -0.2) is 36.0 Å². The summed E-state index contributed by atoms with van der Waals surface area (Å²) in [6, 6.07) is 6.82. The van der Waals surface area contributed by atoms with E-state index in [2.05, 4.69) is 26.1 Å². The summed E-state index contributed by atoms with van der Waals surface area (Å²) < 4.78 is 32.0. The predicted octanol–water partition coefficient (Wildman–Crippen LogP) is 2.01. The molecule has 8 heteroatoms. The first kappa shape index (κ1) is 13.7. The van der Waals surface area contributed by atoms with Gasteiger partial charge in [-0.3, -0.25) is 0 Å². The molecule has 0 unspecified atom stereocenters. The molecule has 3 rings (SSSR count). The van der Waals surface area contributed by atoms with E-state index in [9.17, 15) is 8.42 Å². The summed E-state index contributed by atoms with van der Waals surface area (Å²) in [4.78, 5) is 4.28. The van der Waals surface area contributed by atoms with Crippen LogP contribution in [0.2, 0.25) is 0 Å². The van der Waals surface area contributed by atoms with Crippen molar-refractivity contribution in [3.05, 3.63) is 41.0 Å². The summed E-state index contributed by atoms with van der Waals surface area (Å²) >= 11 is 3.29. The van der Waals surface area contributed by atoms with Gasteiger partial charge in [0.25, 0.3) is 0 Å². The summed E-state index contributed by atoms with van der Waals surface area (Å²) in [5, 5.41) is 3.79. The molecular formula is C12H12BrN3O3S. The monoisotopic (exact) mass is 357 g/mol. The molecule has 0 aliphatic carbocycles. The summed E-state index contributed by atoms with van der Waals surface area (Å²) in [6.45, 7) is 0.839. The summed E-state index contributed by atoms with van der Waals surface area (Å²) in [5.41, 5.74) is 0. The topological polar surface area (TPSA) is 76.3 Å². The van der Waals surface area contributed by atoms with Gasteiger partial charge in [-0.1, -0.05) is 17.3 Å². The van der Waals surface area contributed by atoms with E-state index in [4.69, 9.17) is 4.52 Å². The van der Waals surface area contributed by atoms with Crippen molar-refractivity contribution in [1.29, 1.82) is 0 Å². The van der Waals surface area contributed by atoms with E-state index < -0.39 is 10.0 Å². The highest BCUT2D eigenvalue weighted by Crippen LogP contribution is 2.31. The third-order valence-electron chi connectivity index (χ3n) is 3.35. The van der Waals surface area contributed by atoms with E-state index >= 15 is 0 Å². The molecule has 0 bridgehead atoms. The highest BCUT2D eigenvalue weighted by atomic mass is 79.9. The van der Waals surface area contributed by atoms with E-state index in [0.29, 0.717) is 29.8 Å². The highest BCUT2D eigenvalue weighted by molar-refractivity contribution is 9.10. The number of hydrogen-bond donors (Lipinski definition) is 0. The van der Waals surface area contributed by atoms with Gasteiger partial charge in [-0.05, 0) is 34.5 Å². The number of halogens is 1. The van der Waals surface area contributed by atoms with Crippen LogP contribution >= 0.6 is 15.9 Å². The van der Waals surface area contributed by atoms with Crippen molar-refractivity contribution < 1.29 is 12.9 Å². The molecule has 1 aliphatic rings. The summed E-state index contributed by atoms with van der Waals surface area (Å²) in [6.07, 6.45) is 1.96. The van der Waals surface area contributed by atoms with E-state index in [1.54, 1.807) is 24.3 Å². The zero-order chi connectivity index (χ0) is 14.2. The van der Waals surface area contributed by atoms with Crippen LogP contribution in [-0.2, 0) is 10.0 Å². The molecular weight excluding hydrogens is 346 g/mol. The molecule has 106 valence electrons. The molecule has 6 nitrogen and oxygen atoms in total. The van der Waals surface area contributed by atoms with Crippen LogP contribution in [0.25, 0.3) is 0 Å². The van der Waals surface area contributed by atoms with Crippen LogP contribution in [0.5, 0.6) is 0 Å². The molecule has 0 amide bonds. The Labute approximate surface area is 125 Å². The van der Waals surface area contributed by atoms with Crippen molar-refractivity contribution in [2.45, 2.75) is 17.2 Å². The zero-order valence-corrected chi connectivity index (χ0v) is 12.8. The Bertz CT molecular complexity index is 702. The Morgan fingerprint density at radius 2 is 2.15 bits per heavy atom. The van der Waals surface area contributed by atoms with E-state index in [-0.39, 0.29) is 10.8 Å². The van der Waals surface area contributed by atoms with Crippen molar-refractivity contribution in [2.24, 2.45) is 0 Å². The second-order valence-corrected chi connectivity index (χ2v) is 7.33. The highest BCUT2D eigenvalue weighted by Gasteiger charge is 2.35. The quantitative estimate of drug-likeness (QED) is 0.839. The van der Waals surface area contributed by atoms with E-state index in [0.717, 1.165) is 0 Å². The molecule has 1 saturated heterocycles. The van der Waals surface area contributed by atoms with Gasteiger partial charge in [-0.15, -0.1) is 0 Å². The number of sulfonamides is 1. The molecule has 1 aromatic carbocycles. The maximum atomic E-state index is 12.6. The van der Waals surface area contributed by atoms with E-state index in [1.807, 2.05) is 0 Å². The molecule has 2 heterocycles. The van der Waals surface area contributed by atoms with Crippen LogP contribution in [0, 0.1) is 0 Å². The second-order valence-electron chi connectivity index (χ2n) is 4.57. The number of rotatable bonds is 3. The second kappa shape index (κ2) is 5.27. The average Bonchev–Trinajstić information content (AvgIpc) is 3.10. The lowest BCUT2D eigenvalue weighted by molar-refractivity contribution is 0.403. The maximum absolute atomic E-state index is 12.6. The lowest BCUT2D eigenvalue weighted by atomic mass is 10.1. The van der Waals surface area contributed by atoms with Gasteiger partial charge in [0.05, 0.1) is 4.90 Å². The smallest absolute Gasteiger partial charge is 0.244 e. The summed E-state index contributed by atoms with van der Waals surface area (Å²) in [5.74, 6) is 0.556. The van der Waals surface area contributed by atoms with Crippen LogP contribution in [0.1, 0.15) is 18.2 Å². The first-order valence-corrected chi connectivity index (χ1v) is 8.33. The Kier molecular flexibility index (Phi) is 3.61. The fourth-order valence-electron chi connectivity index (χ4n) is 2.31. The molecule has 1 fully saturated rings. The van der Waals surface area contributed by atoms with Crippen molar-refractivity contribution >= 4 is 26.0 Å². The lowest BCUT2D eigenvalue weighted by Gasteiger charge is -2.16. The molecule has 1 aromatic heterocycles. The molecule has 0 spiro atoms. The Morgan fingerprint density at radius 1 is 1.35 bits per heavy atom. The van der Waals surface area contributed by atoms with Gasteiger partial charge in [0.2, 0.25) is 16.4 Å². The van der Waals surface area contributed by atoms with Crippen molar-refractivity contribution in [3.8, 4) is 0 Å². The zero-order valence-electron chi connectivity index (χ0n) is 10.4. The minimum absolute atomic E-state index is 0.00832. The van der Waals surface area contributed by atoms with E-state index in [1.165, 1.54) is 10.7 Å². The molecule has 2 aromatic rings. The molecule has 20 heavy (non-hydrogen) atoms. The van der Waals surface area contributed by atoms with Crippen molar-refractivity contribution in [3.63, 3.8) is 0 Å². The lowest BCUT2D eigenvalue weighted by Crippen LogP contribution is -2.29. The first-order valence-electron chi connectivity index (χ1n) is 6.10. The summed E-state index contributed by atoms with van der Waals surface area (Å²) in [7, 11) is -3.49. The van der Waals surface area contributed by atoms with Gasteiger partial charge in [-0.25, -0.2) is 8.42 Å². The van der Waals surface area contributed by atoms with Gasteiger partial charge in [-0.2, -0.15) is 9.29 Å². The number of benzene rings is 1. The average molecular weight is 358 g/mol. The first-order chi connectivity index (χ1) is 9.59. The molecule has 0 saturated carbocycles. The maximum Gasteiger partial charge on any atom is 0.244 e.